The number of pyridine rings is 1. The number of aromatic nitrogens is 1. The van der Waals surface area contributed by atoms with Gasteiger partial charge in [-0.2, -0.15) is 0 Å². The van der Waals surface area contributed by atoms with Crippen LogP contribution in [0.2, 0.25) is 0 Å². The second kappa shape index (κ2) is 8.65. The van der Waals surface area contributed by atoms with Crippen LogP contribution in [0, 0.1) is 0 Å². The summed E-state index contributed by atoms with van der Waals surface area (Å²) in [4.78, 5) is 12.7. The number of aryl methyl sites for hydroxylation is 1. The van der Waals surface area contributed by atoms with Gasteiger partial charge in [-0.25, -0.2) is 0 Å². The first kappa shape index (κ1) is 19.5. The lowest BCUT2D eigenvalue weighted by atomic mass is 10.1. The molecule has 1 aromatic heterocycles. The molecule has 0 bridgehead atoms. The molecule has 28 heavy (non-hydrogen) atoms. The van der Waals surface area contributed by atoms with Crippen molar-refractivity contribution in [1.29, 1.82) is 0 Å². The highest BCUT2D eigenvalue weighted by molar-refractivity contribution is 5.90. The fourth-order valence-electron chi connectivity index (χ4n) is 3.01. The van der Waals surface area contributed by atoms with Crippen molar-refractivity contribution in [3.8, 4) is 11.5 Å². The Labute approximate surface area is 165 Å². The van der Waals surface area contributed by atoms with Gasteiger partial charge < -0.3 is 19.4 Å². The molecular formula is C23H26N2O3. The van der Waals surface area contributed by atoms with E-state index in [1.807, 2.05) is 56.3 Å². The molecule has 1 heterocycles. The van der Waals surface area contributed by atoms with Crippen LogP contribution in [0.15, 0.2) is 65.0 Å². The smallest absolute Gasteiger partial charge is 0.297 e. The van der Waals surface area contributed by atoms with Crippen LogP contribution in [-0.4, -0.2) is 18.3 Å². The lowest BCUT2D eigenvalue weighted by Gasteiger charge is -2.16. The Bertz CT molecular complexity index is 1050. The van der Waals surface area contributed by atoms with Crippen LogP contribution in [0.5, 0.6) is 11.5 Å². The number of anilines is 1. The van der Waals surface area contributed by atoms with Gasteiger partial charge in [-0.05, 0) is 43.7 Å². The number of allylic oxidation sites excluding steroid dienone is 1. The minimum atomic E-state index is -0.220. The molecule has 0 aliphatic heterocycles. The summed E-state index contributed by atoms with van der Waals surface area (Å²) in [5.74, 6) is 0.704. The SMILES string of the molecule is COc1c(OCC=C(C)C)c2ccc(NCc3ccccc3)cc2n(C)c1=O. The number of nitrogens with one attached hydrogen (secondary N) is 1. The molecule has 0 spiro atoms. The normalized spacial score (nSPS) is 10.6. The molecule has 0 radical (unpaired) electrons. The summed E-state index contributed by atoms with van der Waals surface area (Å²) in [5, 5.41) is 4.25. The first-order chi connectivity index (χ1) is 13.5. The first-order valence-corrected chi connectivity index (χ1v) is 9.26. The van der Waals surface area contributed by atoms with Crippen molar-refractivity contribution < 1.29 is 9.47 Å². The lowest BCUT2D eigenvalue weighted by Crippen LogP contribution is -2.20. The van der Waals surface area contributed by atoms with E-state index in [2.05, 4.69) is 17.4 Å². The van der Waals surface area contributed by atoms with E-state index < -0.39 is 0 Å². The Morgan fingerprint density at radius 2 is 1.86 bits per heavy atom. The van der Waals surface area contributed by atoms with Crippen LogP contribution >= 0.6 is 0 Å². The van der Waals surface area contributed by atoms with Crippen molar-refractivity contribution in [1.82, 2.24) is 4.57 Å². The van der Waals surface area contributed by atoms with E-state index in [1.165, 1.54) is 12.7 Å². The van der Waals surface area contributed by atoms with Gasteiger partial charge in [-0.1, -0.05) is 35.9 Å². The molecule has 0 aliphatic carbocycles. The highest BCUT2D eigenvalue weighted by Gasteiger charge is 2.17. The number of nitrogens with zero attached hydrogens (tertiary/aromatic N) is 1. The zero-order valence-corrected chi connectivity index (χ0v) is 16.8. The van der Waals surface area contributed by atoms with Gasteiger partial charge in [0.1, 0.15) is 6.61 Å². The van der Waals surface area contributed by atoms with Crippen LogP contribution in [-0.2, 0) is 13.6 Å². The number of fused-ring (bicyclic) bond motifs is 1. The maximum Gasteiger partial charge on any atom is 0.297 e. The number of benzene rings is 2. The summed E-state index contributed by atoms with van der Waals surface area (Å²) in [7, 11) is 3.24. The van der Waals surface area contributed by atoms with E-state index in [9.17, 15) is 4.79 Å². The Morgan fingerprint density at radius 1 is 1.11 bits per heavy atom. The second-order valence-electron chi connectivity index (χ2n) is 6.89. The molecule has 0 unspecified atom stereocenters. The Morgan fingerprint density at radius 3 is 2.54 bits per heavy atom. The number of rotatable bonds is 7. The van der Waals surface area contributed by atoms with Crippen LogP contribution in [0.1, 0.15) is 19.4 Å². The van der Waals surface area contributed by atoms with Crippen LogP contribution in [0.4, 0.5) is 5.69 Å². The summed E-state index contributed by atoms with van der Waals surface area (Å²) in [6, 6.07) is 16.1. The van der Waals surface area contributed by atoms with E-state index in [0.717, 1.165) is 22.2 Å². The van der Waals surface area contributed by atoms with Crippen molar-refractivity contribution in [2.45, 2.75) is 20.4 Å². The largest absolute Gasteiger partial charge is 0.488 e. The molecule has 146 valence electrons. The molecule has 0 saturated heterocycles. The van der Waals surface area contributed by atoms with E-state index >= 15 is 0 Å². The third kappa shape index (κ3) is 4.19. The Kier molecular flexibility index (Phi) is 6.04. The number of methoxy groups -OCH3 is 1. The van der Waals surface area contributed by atoms with Gasteiger partial charge in [-0.15, -0.1) is 0 Å². The van der Waals surface area contributed by atoms with Crippen molar-refractivity contribution in [3.05, 3.63) is 76.1 Å². The van der Waals surface area contributed by atoms with Gasteiger partial charge in [0.2, 0.25) is 5.75 Å². The van der Waals surface area contributed by atoms with E-state index in [-0.39, 0.29) is 11.3 Å². The van der Waals surface area contributed by atoms with Crippen molar-refractivity contribution in [2.75, 3.05) is 19.0 Å². The molecular weight excluding hydrogens is 352 g/mol. The van der Waals surface area contributed by atoms with Crippen molar-refractivity contribution in [3.63, 3.8) is 0 Å². The van der Waals surface area contributed by atoms with Gasteiger partial charge in [0.15, 0.2) is 5.75 Å². The minimum absolute atomic E-state index is 0.220. The van der Waals surface area contributed by atoms with E-state index in [1.54, 1.807) is 11.6 Å². The fraction of sp³-hybridized carbons (Fsp3) is 0.261. The molecule has 0 saturated carbocycles. The number of hydrogen-bond donors (Lipinski definition) is 1. The maximum atomic E-state index is 12.7. The zero-order chi connectivity index (χ0) is 20.1. The standard InChI is InChI=1S/C23H26N2O3/c1-16(2)12-13-28-21-19-11-10-18(24-15-17-8-6-5-7-9-17)14-20(19)25(3)23(26)22(21)27-4/h5-12,14,24H,13,15H2,1-4H3. The fourth-order valence-corrected chi connectivity index (χ4v) is 3.01. The van der Waals surface area contributed by atoms with E-state index in [0.29, 0.717) is 18.9 Å². The van der Waals surface area contributed by atoms with Crippen LogP contribution in [0.25, 0.3) is 10.9 Å². The summed E-state index contributed by atoms with van der Waals surface area (Å²) in [5.41, 5.74) is 3.85. The van der Waals surface area contributed by atoms with Gasteiger partial charge in [-0.3, -0.25) is 4.79 Å². The average Bonchev–Trinajstić information content (AvgIpc) is 2.70. The Balaban J connectivity index is 1.99. The molecule has 0 aliphatic rings. The predicted octanol–water partition coefficient (Wildman–Crippen LogP) is 4.50. The third-order valence-electron chi connectivity index (χ3n) is 4.57. The van der Waals surface area contributed by atoms with Crippen molar-refractivity contribution >= 4 is 16.6 Å². The van der Waals surface area contributed by atoms with Crippen LogP contribution < -0.4 is 20.3 Å². The molecule has 2 aromatic carbocycles. The molecule has 3 aromatic rings. The summed E-state index contributed by atoms with van der Waals surface area (Å²) < 4.78 is 12.9. The van der Waals surface area contributed by atoms with Gasteiger partial charge in [0.25, 0.3) is 5.56 Å². The monoisotopic (exact) mass is 378 g/mol. The number of hydrogen-bond acceptors (Lipinski definition) is 4. The maximum absolute atomic E-state index is 12.7. The van der Waals surface area contributed by atoms with Crippen LogP contribution in [0.3, 0.4) is 0 Å². The summed E-state index contributed by atoms with van der Waals surface area (Å²) in [6.45, 7) is 5.11. The first-order valence-electron chi connectivity index (χ1n) is 9.26. The highest BCUT2D eigenvalue weighted by atomic mass is 16.5. The lowest BCUT2D eigenvalue weighted by molar-refractivity contribution is 0.325. The van der Waals surface area contributed by atoms with E-state index in [4.69, 9.17) is 9.47 Å². The molecule has 3 rings (SSSR count). The summed E-state index contributed by atoms with van der Waals surface area (Å²) >= 11 is 0. The predicted molar refractivity (Wildman–Crippen MR) is 114 cm³/mol. The van der Waals surface area contributed by atoms with Gasteiger partial charge >= 0.3 is 0 Å². The quantitative estimate of drug-likeness (QED) is 0.615. The summed E-state index contributed by atoms with van der Waals surface area (Å²) in [6.07, 6.45) is 1.97. The molecule has 0 fully saturated rings. The molecule has 1 N–H and O–H groups in total. The molecule has 0 atom stereocenters. The topological polar surface area (TPSA) is 52.5 Å². The Hall–Kier alpha value is -3.21. The van der Waals surface area contributed by atoms with Gasteiger partial charge in [0.05, 0.1) is 12.6 Å². The highest BCUT2D eigenvalue weighted by Crippen LogP contribution is 2.33. The third-order valence-corrected chi connectivity index (χ3v) is 4.57. The zero-order valence-electron chi connectivity index (χ0n) is 16.8. The molecule has 0 amide bonds. The molecule has 5 nitrogen and oxygen atoms in total. The molecule has 5 heteroatoms. The van der Waals surface area contributed by atoms with Crippen molar-refractivity contribution in [2.24, 2.45) is 7.05 Å². The minimum Gasteiger partial charge on any atom is -0.488 e. The average molecular weight is 378 g/mol. The number of ether oxygens (including phenoxy) is 2. The van der Waals surface area contributed by atoms with Gasteiger partial charge in [0, 0.05) is 24.7 Å². The second-order valence-corrected chi connectivity index (χ2v) is 6.89.